The van der Waals surface area contributed by atoms with E-state index in [0.717, 1.165) is 30.8 Å². The second-order valence-electron chi connectivity index (χ2n) is 5.32. The molecular formula is C17H22N4O. The van der Waals surface area contributed by atoms with Crippen LogP contribution in [0.1, 0.15) is 35.7 Å². The number of nitrogens with zero attached hydrogens (tertiary/aromatic N) is 3. The molecule has 1 heterocycles. The SMILES string of the molecule is CCCCN(C)c1ccc(NC(=O)c2ccccc2C)nn1. The molecule has 5 heteroatoms. The quantitative estimate of drug-likeness (QED) is 0.889. The monoisotopic (exact) mass is 298 g/mol. The molecule has 1 aromatic heterocycles. The number of anilines is 2. The summed E-state index contributed by atoms with van der Waals surface area (Å²) < 4.78 is 0. The van der Waals surface area contributed by atoms with E-state index < -0.39 is 0 Å². The van der Waals surface area contributed by atoms with Crippen molar-refractivity contribution in [3.8, 4) is 0 Å². The summed E-state index contributed by atoms with van der Waals surface area (Å²) in [6.45, 7) is 5.01. The maximum absolute atomic E-state index is 12.2. The molecular weight excluding hydrogens is 276 g/mol. The fourth-order valence-electron chi connectivity index (χ4n) is 2.12. The second kappa shape index (κ2) is 7.54. The zero-order chi connectivity index (χ0) is 15.9. The molecule has 22 heavy (non-hydrogen) atoms. The van der Waals surface area contributed by atoms with Crippen LogP contribution in [-0.4, -0.2) is 29.7 Å². The lowest BCUT2D eigenvalue weighted by atomic mass is 10.1. The number of aromatic nitrogens is 2. The van der Waals surface area contributed by atoms with Gasteiger partial charge in [0.05, 0.1) is 0 Å². The Hall–Kier alpha value is -2.43. The first-order valence-electron chi connectivity index (χ1n) is 7.53. The number of carbonyl (C=O) groups excluding carboxylic acids is 1. The number of hydrogen-bond acceptors (Lipinski definition) is 4. The minimum atomic E-state index is -0.167. The normalized spacial score (nSPS) is 10.3. The van der Waals surface area contributed by atoms with Crippen molar-refractivity contribution in [2.24, 2.45) is 0 Å². The first kappa shape index (κ1) is 15.9. The Morgan fingerprint density at radius 1 is 1.18 bits per heavy atom. The molecule has 0 radical (unpaired) electrons. The van der Waals surface area contributed by atoms with E-state index in [4.69, 9.17) is 0 Å². The Morgan fingerprint density at radius 2 is 1.95 bits per heavy atom. The van der Waals surface area contributed by atoms with Crippen LogP contribution in [0.3, 0.4) is 0 Å². The van der Waals surface area contributed by atoms with Crippen LogP contribution in [0.15, 0.2) is 36.4 Å². The zero-order valence-corrected chi connectivity index (χ0v) is 13.3. The molecule has 0 saturated carbocycles. The van der Waals surface area contributed by atoms with Gasteiger partial charge in [0.1, 0.15) is 0 Å². The van der Waals surface area contributed by atoms with Crippen LogP contribution in [-0.2, 0) is 0 Å². The van der Waals surface area contributed by atoms with Gasteiger partial charge in [-0.1, -0.05) is 31.5 Å². The Bertz CT molecular complexity index is 625. The maximum atomic E-state index is 12.2. The summed E-state index contributed by atoms with van der Waals surface area (Å²) in [5.41, 5.74) is 1.58. The minimum Gasteiger partial charge on any atom is -0.358 e. The van der Waals surface area contributed by atoms with Gasteiger partial charge in [-0.3, -0.25) is 4.79 Å². The lowest BCUT2D eigenvalue weighted by Gasteiger charge is -2.17. The van der Waals surface area contributed by atoms with Crippen molar-refractivity contribution in [2.75, 3.05) is 23.8 Å². The molecule has 0 aliphatic carbocycles. The summed E-state index contributed by atoms with van der Waals surface area (Å²) in [4.78, 5) is 14.3. The van der Waals surface area contributed by atoms with Gasteiger partial charge in [-0.25, -0.2) is 0 Å². The number of hydrogen-bond donors (Lipinski definition) is 1. The molecule has 0 fully saturated rings. The van der Waals surface area contributed by atoms with Gasteiger partial charge in [0.25, 0.3) is 5.91 Å². The van der Waals surface area contributed by atoms with Gasteiger partial charge >= 0.3 is 0 Å². The molecule has 0 bridgehead atoms. The van der Waals surface area contributed by atoms with E-state index in [1.807, 2.05) is 38.2 Å². The third-order valence-electron chi connectivity index (χ3n) is 3.52. The average molecular weight is 298 g/mol. The minimum absolute atomic E-state index is 0.167. The zero-order valence-electron chi connectivity index (χ0n) is 13.3. The average Bonchev–Trinajstić information content (AvgIpc) is 2.53. The highest BCUT2D eigenvalue weighted by molar-refractivity contribution is 6.04. The van der Waals surface area contributed by atoms with Crippen LogP contribution in [0.5, 0.6) is 0 Å². The van der Waals surface area contributed by atoms with Crippen LogP contribution < -0.4 is 10.2 Å². The van der Waals surface area contributed by atoms with Crippen molar-refractivity contribution in [1.82, 2.24) is 10.2 Å². The number of unbranched alkanes of at least 4 members (excludes halogenated alkanes) is 1. The number of aryl methyl sites for hydroxylation is 1. The summed E-state index contributed by atoms with van der Waals surface area (Å²) in [7, 11) is 1.99. The summed E-state index contributed by atoms with van der Waals surface area (Å²) in [5, 5.41) is 11.0. The van der Waals surface area contributed by atoms with Gasteiger partial charge in [0.15, 0.2) is 11.6 Å². The van der Waals surface area contributed by atoms with Crippen LogP contribution in [0.25, 0.3) is 0 Å². The van der Waals surface area contributed by atoms with Crippen molar-refractivity contribution in [1.29, 1.82) is 0 Å². The lowest BCUT2D eigenvalue weighted by Crippen LogP contribution is -2.20. The number of nitrogens with one attached hydrogen (secondary N) is 1. The molecule has 2 aromatic rings. The maximum Gasteiger partial charge on any atom is 0.257 e. The van der Waals surface area contributed by atoms with Crippen LogP contribution >= 0.6 is 0 Å². The number of rotatable bonds is 6. The molecule has 2 rings (SSSR count). The molecule has 0 saturated heterocycles. The van der Waals surface area contributed by atoms with Gasteiger partial charge in [0, 0.05) is 19.2 Å². The van der Waals surface area contributed by atoms with E-state index in [1.54, 1.807) is 12.1 Å². The van der Waals surface area contributed by atoms with Crippen LogP contribution in [0, 0.1) is 6.92 Å². The Balaban J connectivity index is 2.02. The van der Waals surface area contributed by atoms with Crippen molar-refractivity contribution in [2.45, 2.75) is 26.7 Å². The summed E-state index contributed by atoms with van der Waals surface area (Å²) in [6.07, 6.45) is 2.26. The second-order valence-corrected chi connectivity index (χ2v) is 5.32. The predicted molar refractivity (Wildman–Crippen MR) is 89.3 cm³/mol. The van der Waals surface area contributed by atoms with Crippen molar-refractivity contribution >= 4 is 17.5 Å². The van der Waals surface area contributed by atoms with E-state index in [2.05, 4.69) is 27.3 Å². The third-order valence-corrected chi connectivity index (χ3v) is 3.52. The van der Waals surface area contributed by atoms with Crippen molar-refractivity contribution in [3.05, 3.63) is 47.5 Å². The van der Waals surface area contributed by atoms with Gasteiger partial charge in [-0.15, -0.1) is 10.2 Å². The molecule has 116 valence electrons. The van der Waals surface area contributed by atoms with E-state index >= 15 is 0 Å². The molecule has 1 N–H and O–H groups in total. The molecule has 0 unspecified atom stereocenters. The molecule has 0 spiro atoms. The van der Waals surface area contributed by atoms with Gasteiger partial charge in [0.2, 0.25) is 0 Å². The molecule has 5 nitrogen and oxygen atoms in total. The van der Waals surface area contributed by atoms with Crippen molar-refractivity contribution < 1.29 is 4.79 Å². The number of amides is 1. The largest absolute Gasteiger partial charge is 0.358 e. The summed E-state index contributed by atoms with van der Waals surface area (Å²) >= 11 is 0. The van der Waals surface area contributed by atoms with Crippen LogP contribution in [0.2, 0.25) is 0 Å². The van der Waals surface area contributed by atoms with Gasteiger partial charge in [-0.05, 0) is 37.1 Å². The Kier molecular flexibility index (Phi) is 5.47. The van der Waals surface area contributed by atoms with E-state index in [0.29, 0.717) is 11.4 Å². The van der Waals surface area contributed by atoms with Gasteiger partial charge < -0.3 is 10.2 Å². The van der Waals surface area contributed by atoms with Crippen molar-refractivity contribution in [3.63, 3.8) is 0 Å². The third kappa shape index (κ3) is 4.04. The first-order chi connectivity index (χ1) is 10.6. The highest BCUT2D eigenvalue weighted by Gasteiger charge is 2.10. The summed E-state index contributed by atoms with van der Waals surface area (Å²) in [5.74, 6) is 1.10. The fourth-order valence-corrected chi connectivity index (χ4v) is 2.12. The topological polar surface area (TPSA) is 58.1 Å². The summed E-state index contributed by atoms with van der Waals surface area (Å²) in [6, 6.07) is 11.1. The number of benzene rings is 1. The number of carbonyl (C=O) groups is 1. The lowest BCUT2D eigenvalue weighted by molar-refractivity contribution is 0.102. The molecule has 0 aliphatic rings. The van der Waals surface area contributed by atoms with E-state index in [-0.39, 0.29) is 5.91 Å². The Labute approximate surface area is 131 Å². The highest BCUT2D eigenvalue weighted by atomic mass is 16.1. The molecule has 0 atom stereocenters. The smallest absolute Gasteiger partial charge is 0.257 e. The molecule has 1 amide bonds. The molecule has 0 aliphatic heterocycles. The van der Waals surface area contributed by atoms with Gasteiger partial charge in [-0.2, -0.15) is 0 Å². The van der Waals surface area contributed by atoms with E-state index in [9.17, 15) is 4.79 Å². The predicted octanol–water partition coefficient (Wildman–Crippen LogP) is 3.27. The van der Waals surface area contributed by atoms with Crippen LogP contribution in [0.4, 0.5) is 11.6 Å². The Morgan fingerprint density at radius 3 is 2.59 bits per heavy atom. The fraction of sp³-hybridized carbons (Fsp3) is 0.353. The van der Waals surface area contributed by atoms with E-state index in [1.165, 1.54) is 0 Å². The standard InChI is InChI=1S/C17H22N4O/c1-4-5-12-21(3)16-11-10-15(19-20-16)18-17(22)14-9-7-6-8-13(14)2/h6-11H,4-5,12H2,1-3H3,(H,18,19,22). The first-order valence-corrected chi connectivity index (χ1v) is 7.53. The highest BCUT2D eigenvalue weighted by Crippen LogP contribution is 2.13. The molecule has 1 aromatic carbocycles.